The lowest BCUT2D eigenvalue weighted by molar-refractivity contribution is 0.635. The Morgan fingerprint density at radius 2 is 2.05 bits per heavy atom. The van der Waals surface area contributed by atoms with Crippen LogP contribution in [0.1, 0.15) is 25.1 Å². The molecule has 2 rings (SSSR count). The highest BCUT2D eigenvalue weighted by Crippen LogP contribution is 2.23. The molecule has 0 atom stereocenters. The minimum Gasteiger partial charge on any atom is -0.324 e. The highest BCUT2D eigenvalue weighted by Gasteiger charge is 2.11. The quantitative estimate of drug-likeness (QED) is 0.913. The summed E-state index contributed by atoms with van der Waals surface area (Å²) < 4.78 is 0. The molecule has 96 valence electrons. The number of pyridine rings is 2. The third kappa shape index (κ3) is 2.89. The summed E-state index contributed by atoms with van der Waals surface area (Å²) in [5.41, 5.74) is 2.53. The Kier molecular flexibility index (Phi) is 3.76. The van der Waals surface area contributed by atoms with Crippen molar-refractivity contribution >= 4 is 0 Å². The molecule has 2 heterocycles. The van der Waals surface area contributed by atoms with Gasteiger partial charge in [0, 0.05) is 23.7 Å². The third-order valence-corrected chi connectivity index (χ3v) is 2.85. The molecule has 0 aliphatic heterocycles. The maximum absolute atomic E-state index is 11.7. The monoisotopic (exact) mass is 253 g/mol. The Morgan fingerprint density at radius 1 is 1.37 bits per heavy atom. The Labute approximate surface area is 111 Å². The van der Waals surface area contributed by atoms with Crippen LogP contribution in [-0.4, -0.2) is 9.97 Å². The number of nitrogens with zero attached hydrogens (tertiary/aromatic N) is 2. The Bertz CT molecular complexity index is 666. The molecule has 0 unspecified atom stereocenters. The van der Waals surface area contributed by atoms with Gasteiger partial charge in [-0.05, 0) is 36.1 Å². The lowest BCUT2D eigenvalue weighted by Crippen LogP contribution is -2.15. The van der Waals surface area contributed by atoms with Gasteiger partial charge in [0.15, 0.2) is 0 Å². The van der Waals surface area contributed by atoms with E-state index >= 15 is 0 Å². The summed E-state index contributed by atoms with van der Waals surface area (Å²) >= 11 is 0. The number of aromatic nitrogens is 2. The van der Waals surface area contributed by atoms with Crippen LogP contribution >= 0.6 is 0 Å². The molecule has 2 aromatic rings. The first kappa shape index (κ1) is 13.0. The van der Waals surface area contributed by atoms with Gasteiger partial charge in [-0.25, -0.2) is 0 Å². The van der Waals surface area contributed by atoms with E-state index in [0.717, 1.165) is 23.2 Å². The van der Waals surface area contributed by atoms with Crippen LogP contribution in [0, 0.1) is 17.2 Å². The van der Waals surface area contributed by atoms with Gasteiger partial charge >= 0.3 is 0 Å². The average Bonchev–Trinajstić information content (AvgIpc) is 2.39. The van der Waals surface area contributed by atoms with Crippen molar-refractivity contribution in [2.45, 2.75) is 20.3 Å². The summed E-state index contributed by atoms with van der Waals surface area (Å²) in [6.07, 6.45) is 4.16. The molecule has 0 amide bonds. The summed E-state index contributed by atoms with van der Waals surface area (Å²) in [6.45, 7) is 4.18. The van der Waals surface area contributed by atoms with Gasteiger partial charge in [0.05, 0.1) is 0 Å². The van der Waals surface area contributed by atoms with Crippen LogP contribution < -0.4 is 5.56 Å². The fraction of sp³-hybridized carbons (Fsp3) is 0.267. The number of hydrogen-bond acceptors (Lipinski definition) is 3. The molecule has 4 heteroatoms. The molecule has 0 fully saturated rings. The summed E-state index contributed by atoms with van der Waals surface area (Å²) in [5.74, 6) is 0.421. The van der Waals surface area contributed by atoms with Crippen molar-refractivity contribution in [1.29, 1.82) is 5.26 Å². The van der Waals surface area contributed by atoms with Crippen molar-refractivity contribution in [3.05, 3.63) is 52.2 Å². The Balaban J connectivity index is 2.63. The van der Waals surface area contributed by atoms with Gasteiger partial charge in [-0.2, -0.15) is 5.26 Å². The highest BCUT2D eigenvalue weighted by atomic mass is 16.1. The molecule has 2 aromatic heterocycles. The first-order chi connectivity index (χ1) is 9.11. The zero-order valence-electron chi connectivity index (χ0n) is 11.0. The van der Waals surface area contributed by atoms with Crippen LogP contribution in [0.15, 0.2) is 35.4 Å². The van der Waals surface area contributed by atoms with Gasteiger partial charge in [0.1, 0.15) is 11.6 Å². The molecule has 1 N–H and O–H groups in total. The van der Waals surface area contributed by atoms with Crippen molar-refractivity contribution < 1.29 is 0 Å². The van der Waals surface area contributed by atoms with Gasteiger partial charge in [-0.15, -0.1) is 0 Å². The Hall–Kier alpha value is -2.41. The van der Waals surface area contributed by atoms with E-state index in [2.05, 4.69) is 23.8 Å². The summed E-state index contributed by atoms with van der Waals surface area (Å²) in [4.78, 5) is 18.6. The van der Waals surface area contributed by atoms with Gasteiger partial charge in [0.2, 0.25) is 0 Å². The lowest BCUT2D eigenvalue weighted by atomic mass is 9.97. The first-order valence-corrected chi connectivity index (χ1v) is 6.18. The zero-order chi connectivity index (χ0) is 13.8. The zero-order valence-corrected chi connectivity index (χ0v) is 11.0. The van der Waals surface area contributed by atoms with E-state index in [-0.39, 0.29) is 11.1 Å². The smallest absolute Gasteiger partial charge is 0.266 e. The standard InChI is InChI=1S/C15H15N3O/c1-10(2)7-14-13(11-3-5-17-6-4-11)8-12(9-16)15(19)18-14/h3-6,8,10H,7H2,1-2H3,(H,18,19). The van der Waals surface area contributed by atoms with E-state index in [1.807, 2.05) is 18.2 Å². The van der Waals surface area contributed by atoms with Gasteiger partial charge < -0.3 is 4.98 Å². The number of nitrogens with one attached hydrogen (secondary N) is 1. The molecule has 0 aliphatic rings. The van der Waals surface area contributed by atoms with E-state index < -0.39 is 0 Å². The molecule has 0 bridgehead atoms. The number of H-pyrrole nitrogens is 1. The minimum atomic E-state index is -0.323. The predicted octanol–water partition coefficient (Wildman–Crippen LogP) is 2.51. The fourth-order valence-electron chi connectivity index (χ4n) is 2.01. The van der Waals surface area contributed by atoms with E-state index in [0.29, 0.717) is 5.92 Å². The van der Waals surface area contributed by atoms with E-state index in [1.54, 1.807) is 18.5 Å². The van der Waals surface area contributed by atoms with Crippen molar-refractivity contribution in [2.24, 2.45) is 5.92 Å². The van der Waals surface area contributed by atoms with Gasteiger partial charge in [-0.1, -0.05) is 13.8 Å². The van der Waals surface area contributed by atoms with Crippen molar-refractivity contribution in [2.75, 3.05) is 0 Å². The van der Waals surface area contributed by atoms with Crippen LogP contribution in [0.25, 0.3) is 11.1 Å². The molecule has 0 aromatic carbocycles. The average molecular weight is 253 g/mol. The van der Waals surface area contributed by atoms with Crippen molar-refractivity contribution in [1.82, 2.24) is 9.97 Å². The summed E-state index contributed by atoms with van der Waals surface area (Å²) in [5, 5.41) is 8.98. The van der Waals surface area contributed by atoms with Crippen molar-refractivity contribution in [3.63, 3.8) is 0 Å². The van der Waals surface area contributed by atoms with Crippen LogP contribution in [0.5, 0.6) is 0 Å². The van der Waals surface area contributed by atoms with Crippen LogP contribution in [0.4, 0.5) is 0 Å². The summed E-state index contributed by atoms with van der Waals surface area (Å²) in [7, 11) is 0. The predicted molar refractivity (Wildman–Crippen MR) is 73.6 cm³/mol. The van der Waals surface area contributed by atoms with E-state index in [9.17, 15) is 4.79 Å². The first-order valence-electron chi connectivity index (χ1n) is 6.18. The SMILES string of the molecule is CC(C)Cc1[nH]c(=O)c(C#N)cc1-c1ccncc1. The van der Waals surface area contributed by atoms with Crippen LogP contribution in [0.2, 0.25) is 0 Å². The molecule has 4 nitrogen and oxygen atoms in total. The second kappa shape index (κ2) is 5.49. The second-order valence-electron chi connectivity index (χ2n) is 4.85. The Morgan fingerprint density at radius 3 is 2.63 bits per heavy atom. The summed E-state index contributed by atoms with van der Waals surface area (Å²) in [6, 6.07) is 7.33. The maximum Gasteiger partial charge on any atom is 0.266 e. The number of aromatic amines is 1. The molecule has 0 aliphatic carbocycles. The topological polar surface area (TPSA) is 69.5 Å². The largest absolute Gasteiger partial charge is 0.324 e. The molecule has 0 saturated heterocycles. The fourth-order valence-corrected chi connectivity index (χ4v) is 2.01. The van der Waals surface area contributed by atoms with E-state index in [4.69, 9.17) is 5.26 Å². The van der Waals surface area contributed by atoms with Crippen LogP contribution in [-0.2, 0) is 6.42 Å². The van der Waals surface area contributed by atoms with Gasteiger partial charge in [-0.3, -0.25) is 9.78 Å². The number of rotatable bonds is 3. The van der Waals surface area contributed by atoms with Crippen LogP contribution in [0.3, 0.4) is 0 Å². The molecule has 0 saturated carbocycles. The normalized spacial score (nSPS) is 10.4. The number of hydrogen-bond donors (Lipinski definition) is 1. The molecule has 0 radical (unpaired) electrons. The molecular formula is C15H15N3O. The maximum atomic E-state index is 11.7. The molecular weight excluding hydrogens is 238 g/mol. The highest BCUT2D eigenvalue weighted by molar-refractivity contribution is 5.66. The van der Waals surface area contributed by atoms with Crippen molar-refractivity contribution in [3.8, 4) is 17.2 Å². The second-order valence-corrected chi connectivity index (χ2v) is 4.85. The molecule has 19 heavy (non-hydrogen) atoms. The minimum absolute atomic E-state index is 0.138. The lowest BCUT2D eigenvalue weighted by Gasteiger charge is -2.11. The molecule has 0 spiro atoms. The number of nitriles is 1. The third-order valence-electron chi connectivity index (χ3n) is 2.85. The van der Waals surface area contributed by atoms with Gasteiger partial charge in [0.25, 0.3) is 5.56 Å². The van der Waals surface area contributed by atoms with E-state index in [1.165, 1.54) is 0 Å².